The van der Waals surface area contributed by atoms with Crippen LogP contribution in [0.5, 0.6) is 11.5 Å². The molecule has 2 rings (SSSR count). The monoisotopic (exact) mass is 250 g/mol. The summed E-state index contributed by atoms with van der Waals surface area (Å²) in [5.41, 5.74) is 1.36. The first-order chi connectivity index (χ1) is 8.76. The zero-order valence-corrected chi connectivity index (χ0v) is 10.8. The van der Waals surface area contributed by atoms with Gasteiger partial charge in [0.1, 0.15) is 11.5 Å². The van der Waals surface area contributed by atoms with E-state index in [0.717, 1.165) is 37.7 Å². The van der Waals surface area contributed by atoms with Crippen molar-refractivity contribution in [3.63, 3.8) is 0 Å². The molecule has 1 aliphatic rings. The molecule has 1 heterocycles. The Labute approximate surface area is 107 Å². The second-order valence-corrected chi connectivity index (χ2v) is 4.34. The van der Waals surface area contributed by atoms with Crippen molar-refractivity contribution in [3.8, 4) is 11.5 Å². The Morgan fingerprint density at radius 1 is 1.39 bits per heavy atom. The average Bonchev–Trinajstić information content (AvgIpc) is 2.42. The smallest absolute Gasteiger partial charge is 0.199 e. The van der Waals surface area contributed by atoms with E-state index in [1.165, 1.54) is 0 Å². The molecule has 1 unspecified atom stereocenters. The Kier molecular flexibility index (Phi) is 4.20. The fourth-order valence-corrected chi connectivity index (χ4v) is 2.13. The molecule has 18 heavy (non-hydrogen) atoms. The van der Waals surface area contributed by atoms with E-state index < -0.39 is 0 Å². The minimum atomic E-state index is -0.191. The molecule has 1 fully saturated rings. The van der Waals surface area contributed by atoms with Gasteiger partial charge in [0.25, 0.3) is 0 Å². The lowest BCUT2D eigenvalue weighted by molar-refractivity contribution is -0.106. The Balaban J connectivity index is 2.19. The second kappa shape index (κ2) is 5.87. The van der Waals surface area contributed by atoms with Crippen LogP contribution in [0.1, 0.15) is 35.2 Å². The van der Waals surface area contributed by atoms with Crippen LogP contribution < -0.4 is 9.47 Å². The maximum Gasteiger partial charge on any atom is 0.199 e. The van der Waals surface area contributed by atoms with Gasteiger partial charge in [-0.05, 0) is 31.9 Å². The van der Waals surface area contributed by atoms with E-state index in [2.05, 4.69) is 0 Å². The highest BCUT2D eigenvalue weighted by molar-refractivity contribution is 5.81. The third-order valence-electron chi connectivity index (χ3n) is 3.11. The zero-order valence-electron chi connectivity index (χ0n) is 10.8. The molecule has 1 aliphatic heterocycles. The summed E-state index contributed by atoms with van der Waals surface area (Å²) >= 11 is 0. The van der Waals surface area contributed by atoms with Crippen LogP contribution in [0, 0.1) is 6.92 Å². The van der Waals surface area contributed by atoms with Crippen LogP contribution in [0.2, 0.25) is 0 Å². The zero-order chi connectivity index (χ0) is 13.0. The first-order valence-corrected chi connectivity index (χ1v) is 6.17. The molecule has 0 radical (unpaired) electrons. The Morgan fingerprint density at radius 2 is 2.22 bits per heavy atom. The van der Waals surface area contributed by atoms with E-state index in [-0.39, 0.29) is 6.29 Å². The van der Waals surface area contributed by atoms with Crippen molar-refractivity contribution < 1.29 is 19.0 Å². The molecule has 98 valence electrons. The van der Waals surface area contributed by atoms with Gasteiger partial charge in [0.15, 0.2) is 12.6 Å². The van der Waals surface area contributed by atoms with Gasteiger partial charge < -0.3 is 14.2 Å². The molecular weight excluding hydrogens is 232 g/mol. The van der Waals surface area contributed by atoms with Crippen LogP contribution in [-0.4, -0.2) is 26.3 Å². The number of hydrogen-bond donors (Lipinski definition) is 0. The standard InChI is InChI=1S/C14H18O4/c1-10-12(18-13-5-3-4-8-17-13)7-6-11(9-15)14(10)16-2/h6-7,9,13H,3-5,8H2,1-2H3. The molecule has 1 aromatic carbocycles. The van der Waals surface area contributed by atoms with Crippen molar-refractivity contribution in [2.75, 3.05) is 13.7 Å². The predicted molar refractivity (Wildman–Crippen MR) is 67.3 cm³/mol. The summed E-state index contributed by atoms with van der Waals surface area (Å²) in [4.78, 5) is 10.9. The van der Waals surface area contributed by atoms with Crippen LogP contribution in [0.4, 0.5) is 0 Å². The highest BCUT2D eigenvalue weighted by atomic mass is 16.7. The van der Waals surface area contributed by atoms with Crippen LogP contribution in [0.25, 0.3) is 0 Å². The number of carbonyl (C=O) groups is 1. The SMILES string of the molecule is COc1c(C=O)ccc(OC2CCCCO2)c1C. The highest BCUT2D eigenvalue weighted by Crippen LogP contribution is 2.32. The molecule has 4 nitrogen and oxygen atoms in total. The fraction of sp³-hybridized carbons (Fsp3) is 0.500. The van der Waals surface area contributed by atoms with Crippen LogP contribution in [0.15, 0.2) is 12.1 Å². The molecule has 0 saturated carbocycles. The van der Waals surface area contributed by atoms with Crippen LogP contribution >= 0.6 is 0 Å². The summed E-state index contributed by atoms with van der Waals surface area (Å²) in [5, 5.41) is 0. The van der Waals surface area contributed by atoms with Gasteiger partial charge in [-0.2, -0.15) is 0 Å². The largest absolute Gasteiger partial charge is 0.496 e. The Morgan fingerprint density at radius 3 is 2.83 bits per heavy atom. The van der Waals surface area contributed by atoms with Crippen molar-refractivity contribution in [1.82, 2.24) is 0 Å². The third kappa shape index (κ3) is 2.64. The van der Waals surface area contributed by atoms with Gasteiger partial charge in [0.2, 0.25) is 0 Å². The molecule has 0 amide bonds. The van der Waals surface area contributed by atoms with Gasteiger partial charge in [-0.1, -0.05) is 0 Å². The van der Waals surface area contributed by atoms with Gasteiger partial charge >= 0.3 is 0 Å². The lowest BCUT2D eigenvalue weighted by atomic mass is 10.1. The normalized spacial score (nSPS) is 19.3. The van der Waals surface area contributed by atoms with Crippen LogP contribution in [-0.2, 0) is 4.74 Å². The highest BCUT2D eigenvalue weighted by Gasteiger charge is 2.18. The summed E-state index contributed by atoms with van der Waals surface area (Å²) in [6.07, 6.45) is 3.70. The van der Waals surface area contributed by atoms with Crippen molar-refractivity contribution in [1.29, 1.82) is 0 Å². The number of rotatable bonds is 4. The van der Waals surface area contributed by atoms with Crippen molar-refractivity contribution >= 4 is 6.29 Å². The quantitative estimate of drug-likeness (QED) is 0.771. The van der Waals surface area contributed by atoms with Crippen molar-refractivity contribution in [2.24, 2.45) is 0 Å². The molecule has 0 spiro atoms. The minimum absolute atomic E-state index is 0.191. The van der Waals surface area contributed by atoms with Gasteiger partial charge in [0.05, 0.1) is 19.3 Å². The lowest BCUT2D eigenvalue weighted by Crippen LogP contribution is -2.25. The molecule has 1 saturated heterocycles. The van der Waals surface area contributed by atoms with E-state index in [4.69, 9.17) is 14.2 Å². The Bertz CT molecular complexity index is 422. The van der Waals surface area contributed by atoms with E-state index in [0.29, 0.717) is 17.1 Å². The van der Waals surface area contributed by atoms with Gasteiger partial charge in [-0.15, -0.1) is 0 Å². The first kappa shape index (κ1) is 12.9. The van der Waals surface area contributed by atoms with Gasteiger partial charge in [-0.3, -0.25) is 4.79 Å². The maximum absolute atomic E-state index is 10.9. The number of methoxy groups -OCH3 is 1. The van der Waals surface area contributed by atoms with Crippen molar-refractivity contribution in [2.45, 2.75) is 32.5 Å². The van der Waals surface area contributed by atoms with Crippen molar-refractivity contribution in [3.05, 3.63) is 23.3 Å². The summed E-state index contributed by atoms with van der Waals surface area (Å²) < 4.78 is 16.6. The summed E-state index contributed by atoms with van der Waals surface area (Å²) in [5.74, 6) is 1.28. The van der Waals surface area contributed by atoms with E-state index in [1.807, 2.05) is 6.92 Å². The lowest BCUT2D eigenvalue weighted by Gasteiger charge is -2.24. The van der Waals surface area contributed by atoms with E-state index in [1.54, 1.807) is 19.2 Å². The number of ether oxygens (including phenoxy) is 3. The number of hydrogen-bond acceptors (Lipinski definition) is 4. The molecule has 4 heteroatoms. The molecule has 0 aliphatic carbocycles. The van der Waals surface area contributed by atoms with Crippen LogP contribution in [0.3, 0.4) is 0 Å². The molecule has 1 atom stereocenters. The van der Waals surface area contributed by atoms with E-state index in [9.17, 15) is 4.79 Å². The maximum atomic E-state index is 10.9. The molecule has 0 bridgehead atoms. The Hall–Kier alpha value is -1.55. The summed E-state index contributed by atoms with van der Waals surface area (Å²) in [6.45, 7) is 2.62. The van der Waals surface area contributed by atoms with Gasteiger partial charge in [-0.25, -0.2) is 0 Å². The molecule has 0 N–H and O–H groups in total. The minimum Gasteiger partial charge on any atom is -0.496 e. The number of aldehydes is 1. The molecule has 0 aromatic heterocycles. The molecule has 1 aromatic rings. The third-order valence-corrected chi connectivity index (χ3v) is 3.11. The molecular formula is C14H18O4. The predicted octanol–water partition coefficient (Wildman–Crippen LogP) is 2.72. The average molecular weight is 250 g/mol. The van der Waals surface area contributed by atoms with E-state index >= 15 is 0 Å². The second-order valence-electron chi connectivity index (χ2n) is 4.34. The number of carbonyl (C=O) groups excluding carboxylic acids is 1. The summed E-state index contributed by atoms with van der Waals surface area (Å²) in [6, 6.07) is 3.50. The topological polar surface area (TPSA) is 44.8 Å². The summed E-state index contributed by atoms with van der Waals surface area (Å²) in [7, 11) is 1.55. The number of benzene rings is 1. The van der Waals surface area contributed by atoms with Gasteiger partial charge in [0, 0.05) is 12.0 Å². The first-order valence-electron chi connectivity index (χ1n) is 6.17. The fourth-order valence-electron chi connectivity index (χ4n) is 2.13.